The minimum Gasteiger partial charge on any atom is -0.459 e. The van der Waals surface area contributed by atoms with Crippen LogP contribution in [0.5, 0.6) is 0 Å². The first-order valence-electron chi connectivity index (χ1n) is 6.37. The van der Waals surface area contributed by atoms with Crippen molar-refractivity contribution in [1.82, 2.24) is 5.32 Å². The Bertz CT molecular complexity index is 226. The zero-order chi connectivity index (χ0) is 13.5. The van der Waals surface area contributed by atoms with Crippen molar-refractivity contribution in [1.29, 1.82) is 0 Å². The lowest BCUT2D eigenvalue weighted by molar-refractivity contribution is -0.151. The van der Waals surface area contributed by atoms with Crippen LogP contribution in [0.2, 0.25) is 0 Å². The maximum absolute atomic E-state index is 11.6. The summed E-state index contributed by atoms with van der Waals surface area (Å²) in [6.07, 6.45) is 1.08. The van der Waals surface area contributed by atoms with Crippen LogP contribution >= 0.6 is 11.8 Å². The maximum Gasteiger partial charge on any atom is 0.316 e. The Labute approximate surface area is 110 Å². The molecule has 0 aromatic rings. The molecule has 0 aliphatic heterocycles. The smallest absolute Gasteiger partial charge is 0.316 e. The van der Waals surface area contributed by atoms with Crippen LogP contribution in [0.25, 0.3) is 0 Å². The number of carbonyl (C=O) groups excluding carboxylic acids is 1. The highest BCUT2D eigenvalue weighted by atomic mass is 32.2. The number of hydrogen-bond acceptors (Lipinski definition) is 4. The molecule has 0 aromatic carbocycles. The summed E-state index contributed by atoms with van der Waals surface area (Å²) < 4.78 is 5.28. The number of nitrogens with one attached hydrogen (secondary N) is 1. The fraction of sp³-hybridized carbons (Fsp3) is 0.923. The van der Waals surface area contributed by atoms with Crippen molar-refractivity contribution in [2.75, 3.05) is 12.3 Å². The van der Waals surface area contributed by atoms with E-state index in [1.54, 1.807) is 11.8 Å². The molecular formula is C13H27NO2S. The molecule has 1 N–H and O–H groups in total. The van der Waals surface area contributed by atoms with E-state index in [1.807, 2.05) is 20.8 Å². The standard InChI is InChI=1S/C13H27NO2S/c1-7-11(14-8-2)10(3)17-9-12(15)16-13(4,5)6/h10-11,14H,7-9H2,1-6H3. The summed E-state index contributed by atoms with van der Waals surface area (Å²) in [4.78, 5) is 11.6. The largest absolute Gasteiger partial charge is 0.459 e. The van der Waals surface area contributed by atoms with Crippen molar-refractivity contribution in [3.8, 4) is 0 Å². The van der Waals surface area contributed by atoms with Crippen LogP contribution in [0.4, 0.5) is 0 Å². The minimum atomic E-state index is -0.382. The molecule has 17 heavy (non-hydrogen) atoms. The molecule has 0 saturated carbocycles. The lowest BCUT2D eigenvalue weighted by atomic mass is 10.2. The second-order valence-corrected chi connectivity index (χ2v) is 6.54. The van der Waals surface area contributed by atoms with Gasteiger partial charge in [-0.1, -0.05) is 20.8 Å². The molecular weight excluding hydrogens is 234 g/mol. The average Bonchev–Trinajstić information content (AvgIpc) is 2.20. The molecule has 0 rings (SSSR count). The van der Waals surface area contributed by atoms with Gasteiger partial charge in [0.05, 0.1) is 5.75 Å². The van der Waals surface area contributed by atoms with Gasteiger partial charge in [-0.05, 0) is 33.7 Å². The quantitative estimate of drug-likeness (QED) is 0.715. The Kier molecular flexibility index (Phi) is 7.88. The number of rotatable bonds is 7. The minimum absolute atomic E-state index is 0.124. The SMILES string of the molecule is CCNC(CC)C(C)SCC(=O)OC(C)(C)C. The third-order valence-corrected chi connectivity index (χ3v) is 3.61. The van der Waals surface area contributed by atoms with E-state index in [1.165, 1.54) is 0 Å². The highest BCUT2D eigenvalue weighted by Crippen LogP contribution is 2.18. The van der Waals surface area contributed by atoms with Crippen molar-refractivity contribution in [2.24, 2.45) is 0 Å². The maximum atomic E-state index is 11.6. The lowest BCUT2D eigenvalue weighted by Crippen LogP contribution is -2.36. The topological polar surface area (TPSA) is 38.3 Å². The summed E-state index contributed by atoms with van der Waals surface area (Å²) in [5.41, 5.74) is -0.382. The molecule has 0 heterocycles. The van der Waals surface area contributed by atoms with Crippen LogP contribution < -0.4 is 5.32 Å². The third kappa shape index (κ3) is 8.50. The number of carbonyl (C=O) groups is 1. The van der Waals surface area contributed by atoms with Gasteiger partial charge in [0.15, 0.2) is 0 Å². The zero-order valence-corrected chi connectivity index (χ0v) is 12.8. The fourth-order valence-corrected chi connectivity index (χ4v) is 2.57. The predicted molar refractivity (Wildman–Crippen MR) is 75.5 cm³/mol. The highest BCUT2D eigenvalue weighted by Gasteiger charge is 2.19. The summed E-state index contributed by atoms with van der Waals surface area (Å²) in [5.74, 6) is 0.307. The first kappa shape index (κ1) is 16.8. The van der Waals surface area contributed by atoms with E-state index >= 15 is 0 Å². The summed E-state index contributed by atoms with van der Waals surface area (Å²) in [7, 11) is 0. The van der Waals surface area contributed by atoms with E-state index in [-0.39, 0.29) is 11.6 Å². The van der Waals surface area contributed by atoms with Crippen LogP contribution in [-0.4, -0.2) is 35.2 Å². The average molecular weight is 261 g/mol. The third-order valence-electron chi connectivity index (χ3n) is 2.36. The Balaban J connectivity index is 3.97. The van der Waals surface area contributed by atoms with E-state index in [0.29, 0.717) is 17.0 Å². The van der Waals surface area contributed by atoms with Crippen molar-refractivity contribution in [2.45, 2.75) is 64.9 Å². The fourth-order valence-electron chi connectivity index (χ4n) is 1.59. The molecule has 2 atom stereocenters. The molecule has 2 unspecified atom stereocenters. The van der Waals surface area contributed by atoms with Gasteiger partial charge in [0.25, 0.3) is 0 Å². The molecule has 3 nitrogen and oxygen atoms in total. The second-order valence-electron chi connectivity index (χ2n) is 5.17. The van der Waals surface area contributed by atoms with Crippen LogP contribution in [0.15, 0.2) is 0 Å². The Morgan fingerprint density at radius 3 is 2.35 bits per heavy atom. The van der Waals surface area contributed by atoms with Crippen LogP contribution in [0, 0.1) is 0 Å². The van der Waals surface area contributed by atoms with Gasteiger partial charge in [-0.15, -0.1) is 11.8 Å². The van der Waals surface area contributed by atoms with Crippen molar-refractivity contribution >= 4 is 17.7 Å². The van der Waals surface area contributed by atoms with Crippen molar-refractivity contribution < 1.29 is 9.53 Å². The van der Waals surface area contributed by atoms with Crippen LogP contribution in [0.1, 0.15) is 48.0 Å². The van der Waals surface area contributed by atoms with E-state index in [9.17, 15) is 4.79 Å². The first-order chi connectivity index (χ1) is 7.80. The van der Waals surface area contributed by atoms with Gasteiger partial charge in [0.2, 0.25) is 0 Å². The predicted octanol–water partition coefficient (Wildman–Crippen LogP) is 2.84. The Morgan fingerprint density at radius 2 is 1.94 bits per heavy atom. The van der Waals surface area contributed by atoms with Gasteiger partial charge in [0.1, 0.15) is 5.60 Å². The van der Waals surface area contributed by atoms with Gasteiger partial charge in [-0.25, -0.2) is 0 Å². The lowest BCUT2D eigenvalue weighted by Gasteiger charge is -2.24. The molecule has 102 valence electrons. The van der Waals surface area contributed by atoms with Gasteiger partial charge in [0, 0.05) is 11.3 Å². The van der Waals surface area contributed by atoms with Crippen molar-refractivity contribution in [3.05, 3.63) is 0 Å². The van der Waals surface area contributed by atoms with Gasteiger partial charge >= 0.3 is 5.97 Å². The molecule has 0 saturated heterocycles. The number of thioether (sulfide) groups is 1. The normalized spacial score (nSPS) is 15.4. The van der Waals surface area contributed by atoms with Gasteiger partial charge in [-0.3, -0.25) is 4.79 Å². The summed E-state index contributed by atoms with van der Waals surface area (Å²) >= 11 is 1.66. The highest BCUT2D eigenvalue weighted by molar-refractivity contribution is 8.00. The van der Waals surface area contributed by atoms with E-state index in [4.69, 9.17) is 4.74 Å². The number of hydrogen-bond donors (Lipinski definition) is 1. The summed E-state index contributed by atoms with van der Waals surface area (Å²) in [6.45, 7) is 13.1. The molecule has 0 aliphatic carbocycles. The van der Waals surface area contributed by atoms with E-state index in [0.717, 1.165) is 13.0 Å². The number of esters is 1. The number of ether oxygens (including phenoxy) is 1. The second kappa shape index (κ2) is 7.98. The molecule has 0 aromatic heterocycles. The monoisotopic (exact) mass is 261 g/mol. The molecule has 4 heteroatoms. The zero-order valence-electron chi connectivity index (χ0n) is 12.0. The summed E-state index contributed by atoms with van der Waals surface area (Å²) in [6, 6.07) is 0.465. The Hall–Kier alpha value is -0.220. The molecule has 0 bridgehead atoms. The van der Waals surface area contributed by atoms with Crippen LogP contribution in [0.3, 0.4) is 0 Å². The molecule has 0 aliphatic rings. The molecule has 0 radical (unpaired) electrons. The first-order valence-corrected chi connectivity index (χ1v) is 7.41. The van der Waals surface area contributed by atoms with Gasteiger partial charge < -0.3 is 10.1 Å². The summed E-state index contributed by atoms with van der Waals surface area (Å²) in [5, 5.41) is 3.85. The molecule has 0 amide bonds. The Morgan fingerprint density at radius 1 is 1.35 bits per heavy atom. The molecule has 0 spiro atoms. The van der Waals surface area contributed by atoms with E-state index < -0.39 is 0 Å². The van der Waals surface area contributed by atoms with Crippen molar-refractivity contribution in [3.63, 3.8) is 0 Å². The van der Waals surface area contributed by atoms with Gasteiger partial charge in [-0.2, -0.15) is 0 Å². The molecule has 0 fully saturated rings. The van der Waals surface area contributed by atoms with E-state index in [2.05, 4.69) is 26.1 Å². The van der Waals surface area contributed by atoms with Crippen LogP contribution in [-0.2, 0) is 9.53 Å².